The summed E-state index contributed by atoms with van der Waals surface area (Å²) in [6, 6.07) is 11.8. The van der Waals surface area contributed by atoms with Gasteiger partial charge in [0.15, 0.2) is 5.82 Å². The number of aryl methyl sites for hydroxylation is 2. The molecule has 1 saturated carbocycles. The Morgan fingerprint density at radius 2 is 1.79 bits per heavy atom. The molecule has 29 heavy (non-hydrogen) atoms. The average molecular weight is 397 g/mol. The molecule has 1 saturated heterocycles. The van der Waals surface area contributed by atoms with E-state index in [9.17, 15) is 0 Å². The molecule has 1 aliphatic carbocycles. The summed E-state index contributed by atoms with van der Waals surface area (Å²) in [4.78, 5) is 5.38. The highest BCUT2D eigenvalue weighted by Gasteiger charge is 2.31. The minimum absolute atomic E-state index is 0.339. The fraction of sp³-hybridized carbons (Fsp3) is 0.696. The third-order valence-electron chi connectivity index (χ3n) is 6.77. The average Bonchev–Trinajstić information content (AvgIpc) is 3.46. The molecule has 2 fully saturated rings. The molecule has 2 aliphatic rings. The molecule has 2 aromatic rings. The zero-order valence-electron chi connectivity index (χ0n) is 17.9. The van der Waals surface area contributed by atoms with Crippen molar-refractivity contribution < 1.29 is 0 Å². The number of tetrazole rings is 1. The quantitative estimate of drug-likeness (QED) is 0.647. The van der Waals surface area contributed by atoms with Crippen molar-refractivity contribution >= 4 is 0 Å². The van der Waals surface area contributed by atoms with Gasteiger partial charge in [-0.2, -0.15) is 0 Å². The number of nitrogens with zero attached hydrogens (tertiary/aromatic N) is 6. The lowest BCUT2D eigenvalue weighted by atomic mass is 10.1. The normalized spacial score (nSPS) is 20.3. The minimum atomic E-state index is 0.339. The molecule has 1 aromatic carbocycles. The van der Waals surface area contributed by atoms with Crippen LogP contribution in [0.4, 0.5) is 0 Å². The van der Waals surface area contributed by atoms with Crippen LogP contribution in [0, 0.1) is 0 Å². The minimum Gasteiger partial charge on any atom is -0.298 e. The highest BCUT2D eigenvalue weighted by Crippen LogP contribution is 2.29. The van der Waals surface area contributed by atoms with Crippen molar-refractivity contribution in [1.29, 1.82) is 0 Å². The standard InChI is InChI=1S/C23H36N6/c1-2-3-13-22(28-18-16-27(17-19-28)21-11-7-8-12-21)23-24-25-26-29(23)15-14-20-9-5-4-6-10-20/h4-6,9-10,21-22H,2-3,7-8,11-19H2,1H3. The van der Waals surface area contributed by atoms with E-state index < -0.39 is 0 Å². The highest BCUT2D eigenvalue weighted by atomic mass is 15.6. The van der Waals surface area contributed by atoms with Crippen LogP contribution in [0.1, 0.15) is 69.3 Å². The van der Waals surface area contributed by atoms with Crippen LogP contribution in [0.25, 0.3) is 0 Å². The van der Waals surface area contributed by atoms with E-state index in [4.69, 9.17) is 0 Å². The van der Waals surface area contributed by atoms with E-state index in [0.29, 0.717) is 6.04 Å². The van der Waals surface area contributed by atoms with Gasteiger partial charge in [-0.1, -0.05) is 62.9 Å². The van der Waals surface area contributed by atoms with Crippen LogP contribution in [0.3, 0.4) is 0 Å². The topological polar surface area (TPSA) is 50.1 Å². The van der Waals surface area contributed by atoms with Gasteiger partial charge in [0.1, 0.15) is 0 Å². The summed E-state index contributed by atoms with van der Waals surface area (Å²) in [6.07, 6.45) is 10.2. The Hall–Kier alpha value is -1.79. The Kier molecular flexibility index (Phi) is 7.28. The maximum Gasteiger partial charge on any atom is 0.168 e. The first kappa shape index (κ1) is 20.5. The van der Waals surface area contributed by atoms with Crippen molar-refractivity contribution in [1.82, 2.24) is 30.0 Å². The molecule has 0 N–H and O–H groups in total. The van der Waals surface area contributed by atoms with Crippen molar-refractivity contribution in [2.24, 2.45) is 0 Å². The summed E-state index contributed by atoms with van der Waals surface area (Å²) in [5.74, 6) is 1.06. The van der Waals surface area contributed by atoms with Crippen molar-refractivity contribution in [2.45, 2.75) is 76.9 Å². The first-order chi connectivity index (χ1) is 14.3. The van der Waals surface area contributed by atoms with Crippen LogP contribution >= 0.6 is 0 Å². The number of hydrogen-bond acceptors (Lipinski definition) is 5. The van der Waals surface area contributed by atoms with Crippen LogP contribution in [0.15, 0.2) is 30.3 Å². The van der Waals surface area contributed by atoms with Crippen LogP contribution in [0.5, 0.6) is 0 Å². The lowest BCUT2D eigenvalue weighted by molar-refractivity contribution is 0.0621. The molecule has 2 heterocycles. The Bertz CT molecular complexity index is 716. The second-order valence-corrected chi connectivity index (χ2v) is 8.66. The van der Waals surface area contributed by atoms with E-state index in [0.717, 1.165) is 44.3 Å². The Balaban J connectivity index is 1.41. The molecule has 0 bridgehead atoms. The number of hydrogen-bond donors (Lipinski definition) is 0. The molecular weight excluding hydrogens is 360 g/mol. The molecule has 0 spiro atoms. The summed E-state index contributed by atoms with van der Waals surface area (Å²) >= 11 is 0. The first-order valence-electron chi connectivity index (χ1n) is 11.6. The Morgan fingerprint density at radius 3 is 2.52 bits per heavy atom. The molecule has 4 rings (SSSR count). The van der Waals surface area contributed by atoms with E-state index in [1.54, 1.807) is 0 Å². The number of piperazine rings is 1. The molecule has 1 aromatic heterocycles. The molecule has 1 aliphatic heterocycles. The summed E-state index contributed by atoms with van der Waals surface area (Å²) in [5, 5.41) is 12.9. The predicted octanol–water partition coefficient (Wildman–Crippen LogP) is 3.71. The fourth-order valence-electron chi connectivity index (χ4n) is 5.05. The monoisotopic (exact) mass is 396 g/mol. The maximum atomic E-state index is 4.50. The van der Waals surface area contributed by atoms with Crippen molar-refractivity contribution in [3.63, 3.8) is 0 Å². The Morgan fingerprint density at radius 1 is 1.03 bits per heavy atom. The number of unbranched alkanes of at least 4 members (excludes halogenated alkanes) is 1. The van der Waals surface area contributed by atoms with E-state index in [1.807, 2.05) is 0 Å². The molecule has 0 amide bonds. The van der Waals surface area contributed by atoms with Crippen LogP contribution in [-0.2, 0) is 13.0 Å². The lowest BCUT2D eigenvalue weighted by Gasteiger charge is -2.41. The van der Waals surface area contributed by atoms with Gasteiger partial charge in [0.05, 0.1) is 6.04 Å². The van der Waals surface area contributed by atoms with Crippen LogP contribution < -0.4 is 0 Å². The SMILES string of the molecule is CCCCC(c1nnnn1CCc1ccccc1)N1CCN(C2CCCC2)CC1. The van der Waals surface area contributed by atoms with Gasteiger partial charge in [0.2, 0.25) is 0 Å². The second kappa shape index (κ2) is 10.3. The highest BCUT2D eigenvalue weighted by molar-refractivity contribution is 5.14. The van der Waals surface area contributed by atoms with Gasteiger partial charge in [-0.15, -0.1) is 5.10 Å². The van der Waals surface area contributed by atoms with Gasteiger partial charge in [-0.25, -0.2) is 4.68 Å². The zero-order valence-corrected chi connectivity index (χ0v) is 17.9. The third-order valence-corrected chi connectivity index (χ3v) is 6.77. The lowest BCUT2D eigenvalue weighted by Crippen LogP contribution is -2.50. The van der Waals surface area contributed by atoms with Gasteiger partial charge < -0.3 is 0 Å². The summed E-state index contributed by atoms with van der Waals surface area (Å²) in [5.41, 5.74) is 1.34. The van der Waals surface area contributed by atoms with Gasteiger partial charge >= 0.3 is 0 Å². The van der Waals surface area contributed by atoms with E-state index in [-0.39, 0.29) is 0 Å². The largest absolute Gasteiger partial charge is 0.298 e. The molecule has 158 valence electrons. The van der Waals surface area contributed by atoms with E-state index >= 15 is 0 Å². The predicted molar refractivity (Wildman–Crippen MR) is 116 cm³/mol. The van der Waals surface area contributed by atoms with Crippen LogP contribution in [-0.4, -0.2) is 62.2 Å². The van der Waals surface area contributed by atoms with Crippen molar-refractivity contribution in [3.8, 4) is 0 Å². The molecular formula is C23H36N6. The van der Waals surface area contributed by atoms with Gasteiger partial charge in [-0.05, 0) is 41.7 Å². The second-order valence-electron chi connectivity index (χ2n) is 8.66. The van der Waals surface area contributed by atoms with E-state index in [2.05, 4.69) is 67.3 Å². The third kappa shape index (κ3) is 5.23. The Labute approximate surface area is 175 Å². The summed E-state index contributed by atoms with van der Waals surface area (Å²) < 4.78 is 2.05. The number of rotatable bonds is 9. The molecule has 6 nitrogen and oxygen atoms in total. The zero-order chi connectivity index (χ0) is 19.9. The van der Waals surface area contributed by atoms with Gasteiger partial charge in [0.25, 0.3) is 0 Å². The summed E-state index contributed by atoms with van der Waals surface area (Å²) in [6.45, 7) is 7.77. The molecule has 6 heteroatoms. The smallest absolute Gasteiger partial charge is 0.168 e. The first-order valence-corrected chi connectivity index (χ1v) is 11.6. The van der Waals surface area contributed by atoms with Gasteiger partial charge in [0, 0.05) is 38.8 Å². The molecule has 1 unspecified atom stereocenters. The molecule has 1 atom stereocenters. The molecule has 0 radical (unpaired) electrons. The summed E-state index contributed by atoms with van der Waals surface area (Å²) in [7, 11) is 0. The van der Waals surface area contributed by atoms with Crippen molar-refractivity contribution in [2.75, 3.05) is 26.2 Å². The maximum absolute atomic E-state index is 4.50. The van der Waals surface area contributed by atoms with Gasteiger partial charge in [-0.3, -0.25) is 9.80 Å². The van der Waals surface area contributed by atoms with Crippen LogP contribution in [0.2, 0.25) is 0 Å². The van der Waals surface area contributed by atoms with E-state index in [1.165, 1.54) is 57.2 Å². The number of benzene rings is 1. The van der Waals surface area contributed by atoms with Crippen molar-refractivity contribution in [3.05, 3.63) is 41.7 Å². The number of aromatic nitrogens is 4. The fourth-order valence-corrected chi connectivity index (χ4v) is 5.05.